The largest absolute Gasteiger partial charge is 0.330 e. The van der Waals surface area contributed by atoms with Crippen LogP contribution in [0.2, 0.25) is 0 Å². The standard InChI is InChI=1S/C15H28N2/c1-4-10-17(11-5-2)13-15(12-16)8-6-14(3)7-9-15/h1,14H,5-13,16H2,2-3H3. The second-order valence-electron chi connectivity index (χ2n) is 5.80. The Bertz CT molecular complexity index is 246. The van der Waals surface area contributed by atoms with Crippen LogP contribution in [0.4, 0.5) is 0 Å². The molecule has 0 aromatic carbocycles. The summed E-state index contributed by atoms with van der Waals surface area (Å²) in [6.45, 7) is 8.33. The van der Waals surface area contributed by atoms with Gasteiger partial charge in [-0.15, -0.1) is 6.42 Å². The van der Waals surface area contributed by atoms with Gasteiger partial charge in [0.05, 0.1) is 6.54 Å². The highest BCUT2D eigenvalue weighted by Gasteiger charge is 2.34. The first kappa shape index (κ1) is 14.5. The highest BCUT2D eigenvalue weighted by atomic mass is 15.1. The lowest BCUT2D eigenvalue weighted by Gasteiger charge is -2.41. The van der Waals surface area contributed by atoms with Crippen molar-refractivity contribution in [1.29, 1.82) is 0 Å². The van der Waals surface area contributed by atoms with Crippen molar-refractivity contribution in [1.82, 2.24) is 4.90 Å². The Balaban J connectivity index is 2.57. The third kappa shape index (κ3) is 4.33. The summed E-state index contributed by atoms with van der Waals surface area (Å²) in [5.74, 6) is 3.65. The Kier molecular flexibility index (Phi) is 6.02. The van der Waals surface area contributed by atoms with Gasteiger partial charge in [-0.05, 0) is 43.7 Å². The lowest BCUT2D eigenvalue weighted by molar-refractivity contribution is 0.102. The molecule has 1 aliphatic carbocycles. The third-order valence-corrected chi connectivity index (χ3v) is 4.18. The summed E-state index contributed by atoms with van der Waals surface area (Å²) in [7, 11) is 0. The van der Waals surface area contributed by atoms with E-state index in [1.165, 1.54) is 32.1 Å². The molecule has 0 aromatic rings. The first-order chi connectivity index (χ1) is 8.15. The Morgan fingerprint density at radius 1 is 1.41 bits per heavy atom. The van der Waals surface area contributed by atoms with E-state index in [1.54, 1.807) is 0 Å². The number of hydrogen-bond donors (Lipinski definition) is 1. The Morgan fingerprint density at radius 3 is 2.53 bits per heavy atom. The quantitative estimate of drug-likeness (QED) is 0.718. The van der Waals surface area contributed by atoms with Crippen LogP contribution >= 0.6 is 0 Å². The van der Waals surface area contributed by atoms with E-state index in [1.807, 2.05) is 0 Å². The summed E-state index contributed by atoms with van der Waals surface area (Å²) in [5, 5.41) is 0. The van der Waals surface area contributed by atoms with E-state index in [0.717, 1.165) is 32.1 Å². The Morgan fingerprint density at radius 2 is 2.06 bits per heavy atom. The summed E-state index contributed by atoms with van der Waals surface area (Å²) < 4.78 is 0. The van der Waals surface area contributed by atoms with Crippen molar-refractivity contribution in [2.45, 2.75) is 46.0 Å². The molecular formula is C15H28N2. The lowest BCUT2D eigenvalue weighted by atomic mass is 9.70. The fraction of sp³-hybridized carbons (Fsp3) is 0.867. The molecule has 98 valence electrons. The van der Waals surface area contributed by atoms with Gasteiger partial charge in [-0.1, -0.05) is 32.6 Å². The van der Waals surface area contributed by atoms with E-state index in [2.05, 4.69) is 24.7 Å². The maximum atomic E-state index is 6.05. The molecule has 2 nitrogen and oxygen atoms in total. The van der Waals surface area contributed by atoms with Gasteiger partial charge in [0.2, 0.25) is 0 Å². The molecule has 2 N–H and O–H groups in total. The van der Waals surface area contributed by atoms with E-state index < -0.39 is 0 Å². The molecular weight excluding hydrogens is 208 g/mol. The van der Waals surface area contributed by atoms with Crippen LogP contribution < -0.4 is 5.73 Å². The molecule has 2 heteroatoms. The summed E-state index contributed by atoms with van der Waals surface area (Å²) in [6.07, 6.45) is 11.8. The van der Waals surface area contributed by atoms with Gasteiger partial charge in [0.15, 0.2) is 0 Å². The molecule has 1 rings (SSSR count). The molecule has 0 radical (unpaired) electrons. The van der Waals surface area contributed by atoms with Gasteiger partial charge in [0.1, 0.15) is 0 Å². The molecule has 0 saturated heterocycles. The van der Waals surface area contributed by atoms with Gasteiger partial charge >= 0.3 is 0 Å². The van der Waals surface area contributed by atoms with Gasteiger partial charge in [-0.3, -0.25) is 4.90 Å². The number of nitrogens with zero attached hydrogens (tertiary/aromatic N) is 1. The van der Waals surface area contributed by atoms with Crippen molar-refractivity contribution >= 4 is 0 Å². The predicted molar refractivity (Wildman–Crippen MR) is 74.7 cm³/mol. The number of hydrogen-bond acceptors (Lipinski definition) is 2. The summed E-state index contributed by atoms with van der Waals surface area (Å²) in [6, 6.07) is 0. The number of nitrogens with two attached hydrogens (primary N) is 1. The second-order valence-corrected chi connectivity index (χ2v) is 5.80. The molecule has 0 spiro atoms. The van der Waals surface area contributed by atoms with Crippen molar-refractivity contribution in [2.24, 2.45) is 17.1 Å². The van der Waals surface area contributed by atoms with Crippen LogP contribution in [0.25, 0.3) is 0 Å². The molecule has 1 fully saturated rings. The van der Waals surface area contributed by atoms with Crippen LogP contribution in [0.3, 0.4) is 0 Å². The molecule has 0 amide bonds. The van der Waals surface area contributed by atoms with E-state index in [-0.39, 0.29) is 0 Å². The highest BCUT2D eigenvalue weighted by Crippen LogP contribution is 2.38. The minimum absolute atomic E-state index is 0.332. The average molecular weight is 236 g/mol. The molecule has 1 saturated carbocycles. The zero-order valence-electron chi connectivity index (χ0n) is 11.5. The average Bonchev–Trinajstić information content (AvgIpc) is 2.33. The number of terminal acetylenes is 1. The topological polar surface area (TPSA) is 29.3 Å². The molecule has 0 heterocycles. The van der Waals surface area contributed by atoms with Gasteiger partial charge in [-0.2, -0.15) is 0 Å². The van der Waals surface area contributed by atoms with E-state index >= 15 is 0 Å². The molecule has 0 atom stereocenters. The monoisotopic (exact) mass is 236 g/mol. The Labute approximate surface area is 107 Å². The van der Waals surface area contributed by atoms with E-state index in [4.69, 9.17) is 12.2 Å². The molecule has 0 aromatic heterocycles. The van der Waals surface area contributed by atoms with Crippen molar-refractivity contribution in [3.8, 4) is 12.3 Å². The van der Waals surface area contributed by atoms with Crippen molar-refractivity contribution < 1.29 is 0 Å². The fourth-order valence-electron chi connectivity index (χ4n) is 2.93. The molecule has 17 heavy (non-hydrogen) atoms. The van der Waals surface area contributed by atoms with Gasteiger partial charge in [0.25, 0.3) is 0 Å². The number of rotatable bonds is 6. The lowest BCUT2D eigenvalue weighted by Crippen LogP contribution is -2.45. The molecule has 0 aliphatic heterocycles. The van der Waals surface area contributed by atoms with Crippen LogP contribution in [-0.2, 0) is 0 Å². The van der Waals surface area contributed by atoms with E-state index in [0.29, 0.717) is 5.41 Å². The first-order valence-electron chi connectivity index (χ1n) is 7.01. The SMILES string of the molecule is C#CCN(CCC)CC1(CN)CCC(C)CC1. The van der Waals surface area contributed by atoms with Crippen LogP contribution in [0.15, 0.2) is 0 Å². The zero-order chi connectivity index (χ0) is 12.7. The van der Waals surface area contributed by atoms with Crippen LogP contribution in [-0.4, -0.2) is 31.1 Å². The fourth-order valence-corrected chi connectivity index (χ4v) is 2.93. The van der Waals surface area contributed by atoms with Crippen molar-refractivity contribution in [3.05, 3.63) is 0 Å². The summed E-state index contributed by atoms with van der Waals surface area (Å²) >= 11 is 0. The molecule has 0 unspecified atom stereocenters. The smallest absolute Gasteiger partial charge is 0.0599 e. The summed E-state index contributed by atoms with van der Waals surface area (Å²) in [4.78, 5) is 2.41. The normalized spacial score (nSPS) is 29.2. The van der Waals surface area contributed by atoms with Gasteiger partial charge in [-0.25, -0.2) is 0 Å². The highest BCUT2D eigenvalue weighted by molar-refractivity contribution is 4.93. The first-order valence-corrected chi connectivity index (χ1v) is 7.01. The minimum atomic E-state index is 0.332. The van der Waals surface area contributed by atoms with E-state index in [9.17, 15) is 0 Å². The van der Waals surface area contributed by atoms with Gasteiger partial charge in [0, 0.05) is 6.54 Å². The third-order valence-electron chi connectivity index (χ3n) is 4.18. The van der Waals surface area contributed by atoms with Crippen LogP contribution in [0.1, 0.15) is 46.0 Å². The zero-order valence-corrected chi connectivity index (χ0v) is 11.5. The van der Waals surface area contributed by atoms with Crippen LogP contribution in [0, 0.1) is 23.7 Å². The van der Waals surface area contributed by atoms with Crippen LogP contribution in [0.5, 0.6) is 0 Å². The maximum absolute atomic E-state index is 6.05. The molecule has 1 aliphatic rings. The second kappa shape index (κ2) is 7.03. The summed E-state index contributed by atoms with van der Waals surface area (Å²) in [5.41, 5.74) is 6.38. The molecule has 0 bridgehead atoms. The maximum Gasteiger partial charge on any atom is 0.0599 e. The van der Waals surface area contributed by atoms with Gasteiger partial charge < -0.3 is 5.73 Å². The predicted octanol–water partition coefficient (Wildman–Crippen LogP) is 2.49. The van der Waals surface area contributed by atoms with Crippen molar-refractivity contribution in [3.63, 3.8) is 0 Å². The minimum Gasteiger partial charge on any atom is -0.330 e. The van der Waals surface area contributed by atoms with Crippen molar-refractivity contribution in [2.75, 3.05) is 26.2 Å². The Hall–Kier alpha value is -0.520.